The molecule has 0 rings (SSSR count). The van der Waals surface area contributed by atoms with Crippen LogP contribution in [0.25, 0.3) is 0 Å². The van der Waals surface area contributed by atoms with Crippen LogP contribution in [0.3, 0.4) is 0 Å². The lowest BCUT2D eigenvalue weighted by Crippen LogP contribution is -1.98. The lowest BCUT2D eigenvalue weighted by molar-refractivity contribution is 0.882. The summed E-state index contributed by atoms with van der Waals surface area (Å²) in [5.41, 5.74) is 3.27. The molecule has 0 saturated heterocycles. The Morgan fingerprint density at radius 2 is 1.93 bits per heavy atom. The first-order valence-electron chi connectivity index (χ1n) is 5.63. The summed E-state index contributed by atoms with van der Waals surface area (Å²) in [6.45, 7) is 8.10. The highest BCUT2D eigenvalue weighted by Gasteiger charge is 2.08. The second-order valence-corrected chi connectivity index (χ2v) is 4.19. The van der Waals surface area contributed by atoms with Gasteiger partial charge >= 0.3 is 0 Å². The molecule has 0 aromatic carbocycles. The number of hydrogen-bond acceptors (Lipinski definition) is 1. The summed E-state index contributed by atoms with van der Waals surface area (Å²) in [6, 6.07) is 0. The average molecular weight is 228 g/mol. The molecule has 15 heavy (non-hydrogen) atoms. The highest BCUT2D eigenvalue weighted by atomic mass is 35.5. The van der Waals surface area contributed by atoms with Crippen LogP contribution in [0.2, 0.25) is 0 Å². The van der Waals surface area contributed by atoms with E-state index in [1.165, 1.54) is 11.1 Å². The Balaban J connectivity index is 5.07. The molecule has 0 aliphatic carbocycles. The maximum absolute atomic E-state index is 7.55. The molecular formula is C13H22ClN. The van der Waals surface area contributed by atoms with Gasteiger partial charge in [0.05, 0.1) is 0 Å². The van der Waals surface area contributed by atoms with Crippen molar-refractivity contribution in [2.24, 2.45) is 0 Å². The maximum atomic E-state index is 7.55. The molecule has 0 aromatic rings. The van der Waals surface area contributed by atoms with Gasteiger partial charge in [0.2, 0.25) is 0 Å². The van der Waals surface area contributed by atoms with Crippen molar-refractivity contribution in [2.75, 3.05) is 0 Å². The van der Waals surface area contributed by atoms with E-state index in [2.05, 4.69) is 13.8 Å². The Morgan fingerprint density at radius 3 is 2.27 bits per heavy atom. The number of halogens is 1. The second-order valence-electron chi connectivity index (χ2n) is 3.78. The Kier molecular flexibility index (Phi) is 7.41. The molecule has 0 unspecified atom stereocenters. The molecule has 0 amide bonds. The van der Waals surface area contributed by atoms with Crippen LogP contribution in [-0.2, 0) is 0 Å². The molecule has 0 aliphatic heterocycles. The van der Waals surface area contributed by atoms with Crippen molar-refractivity contribution in [2.45, 2.75) is 53.4 Å². The molecule has 0 heterocycles. The van der Waals surface area contributed by atoms with Crippen LogP contribution in [0.1, 0.15) is 53.4 Å². The van der Waals surface area contributed by atoms with Crippen LogP contribution < -0.4 is 0 Å². The lowest BCUT2D eigenvalue weighted by atomic mass is 9.96. The number of rotatable bonds is 6. The standard InChI is InChI=1S/C13H22ClN/c1-5-8-12(13(14)7-3)11(6-2)9-10(4)15/h7,15H,5-6,8-9H2,1-4H3/b12-11-,13-7+,15-10?. The predicted molar refractivity (Wildman–Crippen MR) is 69.9 cm³/mol. The summed E-state index contributed by atoms with van der Waals surface area (Å²) < 4.78 is 0. The zero-order valence-electron chi connectivity index (χ0n) is 10.3. The molecule has 0 aromatic heterocycles. The van der Waals surface area contributed by atoms with Crippen LogP contribution in [0, 0.1) is 5.41 Å². The zero-order valence-corrected chi connectivity index (χ0v) is 11.0. The van der Waals surface area contributed by atoms with Crippen molar-refractivity contribution in [3.63, 3.8) is 0 Å². The molecule has 0 bridgehead atoms. The van der Waals surface area contributed by atoms with Gasteiger partial charge in [-0.1, -0.05) is 43.5 Å². The molecule has 0 radical (unpaired) electrons. The van der Waals surface area contributed by atoms with E-state index in [0.717, 1.165) is 30.7 Å². The monoisotopic (exact) mass is 227 g/mol. The molecule has 86 valence electrons. The van der Waals surface area contributed by atoms with Gasteiger partial charge in [-0.15, -0.1) is 0 Å². The molecule has 0 aliphatic rings. The third kappa shape index (κ3) is 5.17. The smallest absolute Gasteiger partial charge is 0.0395 e. The van der Waals surface area contributed by atoms with Crippen molar-refractivity contribution < 1.29 is 0 Å². The van der Waals surface area contributed by atoms with Gasteiger partial charge in [-0.3, -0.25) is 0 Å². The van der Waals surface area contributed by atoms with Gasteiger partial charge < -0.3 is 5.41 Å². The SMILES string of the molecule is C/C=C(Cl)\C(CCC)=C(\CC)CC(C)=N. The van der Waals surface area contributed by atoms with Gasteiger partial charge in [0.15, 0.2) is 0 Å². The first-order valence-corrected chi connectivity index (χ1v) is 6.01. The molecular weight excluding hydrogens is 206 g/mol. The van der Waals surface area contributed by atoms with Crippen LogP contribution in [0.15, 0.2) is 22.3 Å². The summed E-state index contributed by atoms with van der Waals surface area (Å²) >= 11 is 6.20. The topological polar surface area (TPSA) is 23.9 Å². The largest absolute Gasteiger partial charge is 0.310 e. The summed E-state index contributed by atoms with van der Waals surface area (Å²) in [7, 11) is 0. The first-order chi connectivity index (χ1) is 7.06. The van der Waals surface area contributed by atoms with E-state index in [0.29, 0.717) is 5.71 Å². The van der Waals surface area contributed by atoms with Crippen LogP contribution in [0.4, 0.5) is 0 Å². The quantitative estimate of drug-likeness (QED) is 0.484. The molecule has 2 heteroatoms. The van der Waals surface area contributed by atoms with Crippen molar-refractivity contribution >= 4 is 17.3 Å². The maximum Gasteiger partial charge on any atom is 0.0395 e. The van der Waals surface area contributed by atoms with Gasteiger partial charge in [-0.05, 0) is 32.3 Å². The fourth-order valence-corrected chi connectivity index (χ4v) is 1.88. The highest BCUT2D eigenvalue weighted by Crippen LogP contribution is 2.27. The molecule has 0 spiro atoms. The molecule has 0 atom stereocenters. The van der Waals surface area contributed by atoms with Gasteiger partial charge in [-0.25, -0.2) is 0 Å². The number of hydrogen-bond donors (Lipinski definition) is 1. The molecule has 1 N–H and O–H groups in total. The van der Waals surface area contributed by atoms with E-state index < -0.39 is 0 Å². The second kappa shape index (κ2) is 7.70. The fraction of sp³-hybridized carbons (Fsp3) is 0.615. The van der Waals surface area contributed by atoms with Crippen molar-refractivity contribution in [3.05, 3.63) is 22.3 Å². The normalized spacial score (nSPS) is 13.8. The number of nitrogens with one attached hydrogen (secondary N) is 1. The van der Waals surface area contributed by atoms with Crippen LogP contribution >= 0.6 is 11.6 Å². The minimum absolute atomic E-state index is 0.709. The average Bonchev–Trinajstić information content (AvgIpc) is 2.21. The lowest BCUT2D eigenvalue weighted by Gasteiger charge is -2.12. The summed E-state index contributed by atoms with van der Waals surface area (Å²) in [5, 5.41) is 8.41. The third-order valence-electron chi connectivity index (χ3n) is 2.37. The molecule has 0 saturated carbocycles. The van der Waals surface area contributed by atoms with Crippen molar-refractivity contribution in [1.29, 1.82) is 5.41 Å². The first kappa shape index (κ1) is 14.4. The van der Waals surface area contributed by atoms with Crippen LogP contribution in [0.5, 0.6) is 0 Å². The van der Waals surface area contributed by atoms with E-state index in [1.807, 2.05) is 19.9 Å². The zero-order chi connectivity index (χ0) is 11.8. The molecule has 0 fully saturated rings. The predicted octanol–water partition coefficient (Wildman–Crippen LogP) is 5.07. The van der Waals surface area contributed by atoms with E-state index in [9.17, 15) is 0 Å². The van der Waals surface area contributed by atoms with E-state index in [4.69, 9.17) is 17.0 Å². The molecule has 1 nitrogen and oxygen atoms in total. The van der Waals surface area contributed by atoms with Gasteiger partial charge in [0, 0.05) is 17.2 Å². The van der Waals surface area contributed by atoms with Gasteiger partial charge in [-0.2, -0.15) is 0 Å². The van der Waals surface area contributed by atoms with E-state index >= 15 is 0 Å². The van der Waals surface area contributed by atoms with E-state index in [-0.39, 0.29) is 0 Å². The summed E-state index contributed by atoms with van der Waals surface area (Å²) in [4.78, 5) is 0. The van der Waals surface area contributed by atoms with E-state index in [1.54, 1.807) is 0 Å². The minimum atomic E-state index is 0.709. The van der Waals surface area contributed by atoms with Gasteiger partial charge in [0.1, 0.15) is 0 Å². The Bertz CT molecular complexity index is 274. The Hall–Kier alpha value is -0.560. The fourth-order valence-electron chi connectivity index (χ4n) is 1.65. The number of allylic oxidation sites excluding steroid dienone is 4. The summed E-state index contributed by atoms with van der Waals surface area (Å²) in [5.74, 6) is 0. The van der Waals surface area contributed by atoms with Crippen molar-refractivity contribution in [3.8, 4) is 0 Å². The van der Waals surface area contributed by atoms with Crippen LogP contribution in [-0.4, -0.2) is 5.71 Å². The third-order valence-corrected chi connectivity index (χ3v) is 2.82. The summed E-state index contributed by atoms with van der Waals surface area (Å²) in [6.07, 6.45) is 5.80. The Labute approximate surface area is 98.7 Å². The van der Waals surface area contributed by atoms with Crippen molar-refractivity contribution in [1.82, 2.24) is 0 Å². The highest BCUT2D eigenvalue weighted by molar-refractivity contribution is 6.32. The Morgan fingerprint density at radius 1 is 1.33 bits per heavy atom. The van der Waals surface area contributed by atoms with Gasteiger partial charge in [0.25, 0.3) is 0 Å². The minimum Gasteiger partial charge on any atom is -0.310 e.